The molecule has 2 aliphatic heterocycles. The first-order valence-corrected chi connectivity index (χ1v) is 11.0. The van der Waals surface area contributed by atoms with Crippen LogP contribution in [0.2, 0.25) is 0 Å². The predicted octanol–water partition coefficient (Wildman–Crippen LogP) is 5.22. The lowest BCUT2D eigenvalue weighted by molar-refractivity contribution is -0.138. The van der Waals surface area contributed by atoms with E-state index in [1.807, 2.05) is 18.2 Å². The molecule has 0 unspecified atom stereocenters. The van der Waals surface area contributed by atoms with Gasteiger partial charge < -0.3 is 20.3 Å². The number of piperidine rings is 1. The highest BCUT2D eigenvalue weighted by atomic mass is 19.4. The number of urea groups is 1. The fraction of sp³-hybridized carbons (Fsp3) is 0.417. The van der Waals surface area contributed by atoms with Gasteiger partial charge in [-0.15, -0.1) is 0 Å². The fourth-order valence-electron chi connectivity index (χ4n) is 4.23. The number of aryl methyl sites for hydroxylation is 2. The second-order valence-electron chi connectivity index (χ2n) is 8.57. The van der Waals surface area contributed by atoms with Crippen molar-refractivity contribution in [3.63, 3.8) is 0 Å². The molecule has 176 valence electrons. The minimum absolute atomic E-state index is 0.0282. The van der Waals surface area contributed by atoms with Gasteiger partial charge in [0.25, 0.3) is 0 Å². The number of halogens is 3. The number of ether oxygens (including phenoxy) is 1. The van der Waals surface area contributed by atoms with Crippen LogP contribution in [0.5, 0.6) is 5.75 Å². The van der Waals surface area contributed by atoms with Gasteiger partial charge in [-0.25, -0.2) is 4.79 Å². The summed E-state index contributed by atoms with van der Waals surface area (Å²) in [5.74, 6) is 1.10. The van der Waals surface area contributed by atoms with Crippen LogP contribution < -0.4 is 15.4 Å². The Hall–Kier alpha value is -3.23. The Bertz CT molecular complexity index is 1050. The maximum atomic E-state index is 12.9. The fourth-order valence-corrected chi connectivity index (χ4v) is 4.23. The van der Waals surface area contributed by atoms with Crippen LogP contribution in [-0.2, 0) is 17.4 Å². The average molecular weight is 461 g/mol. The number of rotatable bonds is 4. The quantitative estimate of drug-likeness (QED) is 0.656. The highest BCUT2D eigenvalue weighted by molar-refractivity contribution is 5.94. The zero-order valence-corrected chi connectivity index (χ0v) is 18.3. The van der Waals surface area contributed by atoms with Gasteiger partial charge in [0.2, 0.25) is 5.91 Å². The molecule has 4 rings (SSSR count). The van der Waals surface area contributed by atoms with Gasteiger partial charge in [-0.3, -0.25) is 4.79 Å². The summed E-state index contributed by atoms with van der Waals surface area (Å²) in [5.41, 5.74) is 1.61. The molecule has 1 fully saturated rings. The number of fused-ring (bicyclic) bond motifs is 1. The van der Waals surface area contributed by atoms with Gasteiger partial charge >= 0.3 is 12.2 Å². The van der Waals surface area contributed by atoms with Crippen LogP contribution >= 0.6 is 0 Å². The largest absolute Gasteiger partial charge is 0.493 e. The van der Waals surface area contributed by atoms with E-state index < -0.39 is 11.7 Å². The monoisotopic (exact) mass is 461 g/mol. The van der Waals surface area contributed by atoms with E-state index in [-0.39, 0.29) is 17.5 Å². The number of nitrogens with zero attached hydrogens (tertiary/aromatic N) is 1. The minimum atomic E-state index is -4.41. The Labute approximate surface area is 190 Å². The van der Waals surface area contributed by atoms with Crippen molar-refractivity contribution in [3.8, 4) is 5.75 Å². The number of carbonyl (C=O) groups excluding carboxylic acids is 2. The lowest BCUT2D eigenvalue weighted by Gasteiger charge is -2.32. The first-order valence-electron chi connectivity index (χ1n) is 11.0. The number of alkyl halides is 3. The topological polar surface area (TPSA) is 70.7 Å². The van der Waals surface area contributed by atoms with Gasteiger partial charge in [0.05, 0.1) is 12.2 Å². The summed E-state index contributed by atoms with van der Waals surface area (Å²) in [6, 6.07) is 8.96. The second kappa shape index (κ2) is 9.33. The van der Waals surface area contributed by atoms with Crippen molar-refractivity contribution in [1.82, 2.24) is 4.90 Å². The third-order valence-corrected chi connectivity index (χ3v) is 6.14. The molecule has 1 saturated heterocycles. The zero-order chi connectivity index (χ0) is 23.6. The van der Waals surface area contributed by atoms with E-state index in [0.29, 0.717) is 44.1 Å². The Balaban J connectivity index is 1.25. The maximum absolute atomic E-state index is 12.9. The Kier molecular flexibility index (Phi) is 6.49. The van der Waals surface area contributed by atoms with Gasteiger partial charge in [0.15, 0.2) is 0 Å². The van der Waals surface area contributed by atoms with E-state index in [9.17, 15) is 22.8 Å². The number of amides is 3. The molecule has 6 nitrogen and oxygen atoms in total. The van der Waals surface area contributed by atoms with Crippen LogP contribution in [-0.4, -0.2) is 36.5 Å². The number of carbonyl (C=O) groups is 2. The molecule has 33 heavy (non-hydrogen) atoms. The van der Waals surface area contributed by atoms with Crippen LogP contribution in [0.15, 0.2) is 36.4 Å². The number of nitrogens with one attached hydrogen (secondary N) is 2. The summed E-state index contributed by atoms with van der Waals surface area (Å²) in [4.78, 5) is 25.7. The van der Waals surface area contributed by atoms with Crippen LogP contribution in [0, 0.1) is 12.8 Å². The number of anilines is 2. The summed E-state index contributed by atoms with van der Waals surface area (Å²) in [5, 5.41) is 5.54. The number of hydrogen-bond donors (Lipinski definition) is 2. The molecule has 2 N–H and O–H groups in total. The molecule has 9 heteroatoms. The Morgan fingerprint density at radius 3 is 2.61 bits per heavy atom. The SMILES string of the molecule is Cc1cc(NC(=O)N2CCC(COc3ccc4c(c3)CCC(=O)N4)CC2)ccc1C(F)(F)F. The summed E-state index contributed by atoms with van der Waals surface area (Å²) < 4.78 is 44.7. The van der Waals surface area contributed by atoms with Crippen LogP contribution in [0.3, 0.4) is 0 Å². The summed E-state index contributed by atoms with van der Waals surface area (Å²) >= 11 is 0. The molecule has 0 radical (unpaired) electrons. The molecule has 2 aliphatic rings. The van der Waals surface area contributed by atoms with Gasteiger partial charge in [0, 0.05) is 30.9 Å². The third-order valence-electron chi connectivity index (χ3n) is 6.14. The third kappa shape index (κ3) is 5.58. The molecule has 0 aliphatic carbocycles. The van der Waals surface area contributed by atoms with Crippen molar-refractivity contribution < 1.29 is 27.5 Å². The first-order chi connectivity index (χ1) is 15.7. The highest BCUT2D eigenvalue weighted by Crippen LogP contribution is 2.33. The molecule has 2 heterocycles. The van der Waals surface area contributed by atoms with Crippen LogP contribution in [0.1, 0.15) is 36.0 Å². The van der Waals surface area contributed by atoms with E-state index in [1.54, 1.807) is 4.90 Å². The molecule has 0 bridgehead atoms. The normalized spacial score (nSPS) is 16.7. The van der Waals surface area contributed by atoms with Gasteiger partial charge in [-0.2, -0.15) is 13.2 Å². The maximum Gasteiger partial charge on any atom is 0.416 e. The molecule has 0 aromatic heterocycles. The van der Waals surface area contributed by atoms with Gasteiger partial charge in [0.1, 0.15) is 5.75 Å². The Morgan fingerprint density at radius 1 is 1.15 bits per heavy atom. The van der Waals surface area contributed by atoms with Crippen molar-refractivity contribution in [2.45, 2.75) is 38.8 Å². The molecule has 2 aromatic rings. The molecule has 0 spiro atoms. The van der Waals surface area contributed by atoms with Crippen molar-refractivity contribution >= 4 is 23.3 Å². The summed E-state index contributed by atoms with van der Waals surface area (Å²) in [6.45, 7) is 3.02. The summed E-state index contributed by atoms with van der Waals surface area (Å²) in [7, 11) is 0. The van der Waals surface area contributed by atoms with Crippen molar-refractivity contribution in [3.05, 3.63) is 53.1 Å². The van der Waals surface area contributed by atoms with E-state index in [4.69, 9.17) is 4.74 Å². The molecular formula is C24H26F3N3O3. The van der Waals surface area contributed by atoms with Crippen molar-refractivity contribution in [1.29, 1.82) is 0 Å². The van der Waals surface area contributed by atoms with Crippen LogP contribution in [0.25, 0.3) is 0 Å². The highest BCUT2D eigenvalue weighted by Gasteiger charge is 2.32. The molecule has 0 atom stereocenters. The standard InChI is InChI=1S/C24H26F3N3O3/c1-15-12-18(3-5-20(15)24(25,26)27)28-23(32)30-10-8-16(9-11-30)14-33-19-4-6-21-17(13-19)2-7-22(31)29-21/h3-6,12-13,16H,2,7-11,14H2,1H3,(H,28,32)(H,29,31). The van der Waals surface area contributed by atoms with Gasteiger partial charge in [-0.05, 0) is 79.6 Å². The molecule has 0 saturated carbocycles. The Morgan fingerprint density at radius 2 is 1.91 bits per heavy atom. The first kappa shape index (κ1) is 22.9. The number of benzene rings is 2. The predicted molar refractivity (Wildman–Crippen MR) is 118 cm³/mol. The lowest BCUT2D eigenvalue weighted by atomic mass is 9.98. The van der Waals surface area contributed by atoms with E-state index in [0.717, 1.165) is 35.9 Å². The van der Waals surface area contributed by atoms with Crippen molar-refractivity contribution in [2.75, 3.05) is 30.3 Å². The average Bonchev–Trinajstić information content (AvgIpc) is 2.77. The molecular weight excluding hydrogens is 435 g/mol. The van der Waals surface area contributed by atoms with E-state index >= 15 is 0 Å². The van der Waals surface area contributed by atoms with Gasteiger partial charge in [-0.1, -0.05) is 0 Å². The summed E-state index contributed by atoms with van der Waals surface area (Å²) in [6.07, 6.45) is -1.68. The van der Waals surface area contributed by atoms with Crippen molar-refractivity contribution in [2.24, 2.45) is 5.92 Å². The second-order valence-corrected chi connectivity index (χ2v) is 8.57. The smallest absolute Gasteiger partial charge is 0.416 e. The minimum Gasteiger partial charge on any atom is -0.493 e. The lowest BCUT2D eigenvalue weighted by Crippen LogP contribution is -2.42. The number of hydrogen-bond acceptors (Lipinski definition) is 3. The van der Waals surface area contributed by atoms with E-state index in [1.165, 1.54) is 19.1 Å². The van der Waals surface area contributed by atoms with E-state index in [2.05, 4.69) is 10.6 Å². The molecule has 2 aromatic carbocycles. The van der Waals surface area contributed by atoms with Crippen LogP contribution in [0.4, 0.5) is 29.3 Å². The molecule has 3 amide bonds. The zero-order valence-electron chi connectivity index (χ0n) is 18.3. The number of likely N-dealkylation sites (tertiary alicyclic amines) is 1.